The van der Waals surface area contributed by atoms with E-state index in [1.807, 2.05) is 88.4 Å². The molecule has 4 aromatic rings. The summed E-state index contributed by atoms with van der Waals surface area (Å²) in [5.74, 6) is 0.447. The monoisotopic (exact) mass is 564 g/mol. The van der Waals surface area contributed by atoms with Gasteiger partial charge in [-0.15, -0.1) is 0 Å². The summed E-state index contributed by atoms with van der Waals surface area (Å²) in [6.07, 6.45) is 3.26. The molecule has 8 nitrogen and oxygen atoms in total. The Balaban J connectivity index is 1.40. The van der Waals surface area contributed by atoms with Gasteiger partial charge in [-0.3, -0.25) is 9.98 Å². The molecule has 0 radical (unpaired) electrons. The molecule has 2 aliphatic heterocycles. The zero-order chi connectivity index (χ0) is 29.5. The van der Waals surface area contributed by atoms with Gasteiger partial charge in [0.1, 0.15) is 23.6 Å². The van der Waals surface area contributed by atoms with Gasteiger partial charge in [0.15, 0.2) is 23.0 Å². The average Bonchev–Trinajstić information content (AvgIpc) is 3.42. The van der Waals surface area contributed by atoms with Crippen molar-refractivity contribution in [2.75, 3.05) is 0 Å². The van der Waals surface area contributed by atoms with Crippen molar-refractivity contribution in [3.05, 3.63) is 107 Å². The van der Waals surface area contributed by atoms with Crippen LogP contribution in [0.15, 0.2) is 94.9 Å². The molecule has 0 aromatic heterocycles. The molecule has 0 amide bonds. The van der Waals surface area contributed by atoms with Gasteiger partial charge >= 0.3 is 0 Å². The molecule has 2 atom stereocenters. The van der Waals surface area contributed by atoms with Crippen molar-refractivity contribution >= 4 is 12.4 Å². The van der Waals surface area contributed by atoms with E-state index in [1.54, 1.807) is 36.7 Å². The summed E-state index contributed by atoms with van der Waals surface area (Å²) >= 11 is 0. The molecule has 0 bridgehead atoms. The van der Waals surface area contributed by atoms with E-state index in [9.17, 15) is 10.2 Å². The lowest BCUT2D eigenvalue weighted by molar-refractivity contribution is -0.0437. The Kier molecular flexibility index (Phi) is 6.77. The second-order valence-corrected chi connectivity index (χ2v) is 11.2. The van der Waals surface area contributed by atoms with Crippen LogP contribution >= 0.6 is 0 Å². The number of aliphatic imine (C=N–C) groups is 2. The SMILES string of the molecule is CC1(C)Oc2cc(O)c(C=N[C@H](c3ccccc3)[C@H](N=Cc3cc4c(cc3O)OC(C)(C)O4)c3ccccc3)cc2O1. The Bertz CT molecular complexity index is 1540. The summed E-state index contributed by atoms with van der Waals surface area (Å²) in [6, 6.07) is 25.3. The number of benzene rings is 4. The van der Waals surface area contributed by atoms with Gasteiger partial charge in [0.25, 0.3) is 0 Å². The van der Waals surface area contributed by atoms with Crippen molar-refractivity contribution in [2.45, 2.75) is 51.4 Å². The standard InChI is InChI=1S/C34H32N2O6/c1-33(2)39-27-15-23(25(37)17-29(27)41-33)19-35-31(21-11-7-5-8-12-21)32(22-13-9-6-10-14-22)36-20-24-16-28-30(18-26(24)38)42-34(3,4)40-28/h5-20,31-32,37-38H,1-4H3/t31-,32-/m1/s1. The van der Waals surface area contributed by atoms with Crippen LogP contribution in [0.5, 0.6) is 34.5 Å². The van der Waals surface area contributed by atoms with Crippen LogP contribution in [0.4, 0.5) is 0 Å². The largest absolute Gasteiger partial charge is 0.507 e. The number of fused-ring (bicyclic) bond motifs is 2. The van der Waals surface area contributed by atoms with Crippen molar-refractivity contribution in [1.82, 2.24) is 0 Å². The Morgan fingerprint density at radius 1 is 0.548 bits per heavy atom. The van der Waals surface area contributed by atoms with Crippen LogP contribution in [0.2, 0.25) is 0 Å². The fourth-order valence-electron chi connectivity index (χ4n) is 5.08. The minimum atomic E-state index is -0.819. The maximum Gasteiger partial charge on any atom is 0.246 e. The van der Waals surface area contributed by atoms with Crippen LogP contribution in [0.3, 0.4) is 0 Å². The van der Waals surface area contributed by atoms with E-state index in [-0.39, 0.29) is 11.5 Å². The zero-order valence-electron chi connectivity index (χ0n) is 23.8. The first-order chi connectivity index (χ1) is 20.1. The molecule has 0 fully saturated rings. The molecule has 2 aliphatic rings. The van der Waals surface area contributed by atoms with E-state index in [0.717, 1.165) is 11.1 Å². The number of ether oxygens (including phenoxy) is 4. The van der Waals surface area contributed by atoms with Crippen LogP contribution in [-0.2, 0) is 0 Å². The first kappa shape index (κ1) is 27.2. The Morgan fingerprint density at radius 3 is 1.24 bits per heavy atom. The fraction of sp³-hybridized carbons (Fsp3) is 0.235. The van der Waals surface area contributed by atoms with E-state index < -0.39 is 23.7 Å². The highest BCUT2D eigenvalue weighted by atomic mass is 16.7. The highest BCUT2D eigenvalue weighted by Gasteiger charge is 2.34. The Hall–Kier alpha value is -4.98. The average molecular weight is 565 g/mol. The summed E-state index contributed by atoms with van der Waals surface area (Å²) < 4.78 is 23.3. The van der Waals surface area contributed by atoms with Crippen LogP contribution < -0.4 is 18.9 Å². The van der Waals surface area contributed by atoms with E-state index >= 15 is 0 Å². The number of nitrogens with zero attached hydrogens (tertiary/aromatic N) is 2. The lowest BCUT2D eigenvalue weighted by Gasteiger charge is -2.22. The lowest BCUT2D eigenvalue weighted by atomic mass is 9.94. The van der Waals surface area contributed by atoms with Crippen molar-refractivity contribution in [2.24, 2.45) is 9.98 Å². The molecule has 42 heavy (non-hydrogen) atoms. The normalized spacial score (nSPS) is 17.5. The zero-order valence-corrected chi connectivity index (χ0v) is 23.8. The van der Waals surface area contributed by atoms with Gasteiger partial charge in [-0.25, -0.2) is 0 Å². The predicted octanol–water partition coefficient (Wildman–Crippen LogP) is 7.13. The van der Waals surface area contributed by atoms with Gasteiger partial charge in [0, 0.05) is 63.4 Å². The molecule has 0 aliphatic carbocycles. The topological polar surface area (TPSA) is 102 Å². The second-order valence-electron chi connectivity index (χ2n) is 11.2. The van der Waals surface area contributed by atoms with Gasteiger partial charge < -0.3 is 29.2 Å². The van der Waals surface area contributed by atoms with Crippen LogP contribution in [0.1, 0.15) is 62.0 Å². The minimum Gasteiger partial charge on any atom is -0.507 e. The molecule has 0 saturated carbocycles. The van der Waals surface area contributed by atoms with Crippen molar-refractivity contribution in [1.29, 1.82) is 0 Å². The molecule has 0 spiro atoms. The highest BCUT2D eigenvalue weighted by molar-refractivity contribution is 5.86. The first-order valence-corrected chi connectivity index (χ1v) is 13.7. The number of hydrogen-bond donors (Lipinski definition) is 2. The van der Waals surface area contributed by atoms with Gasteiger partial charge in [0.05, 0.1) is 0 Å². The van der Waals surface area contributed by atoms with Gasteiger partial charge in [-0.1, -0.05) is 60.7 Å². The van der Waals surface area contributed by atoms with Gasteiger partial charge in [0.2, 0.25) is 11.6 Å². The Morgan fingerprint density at radius 2 is 0.881 bits per heavy atom. The van der Waals surface area contributed by atoms with E-state index in [4.69, 9.17) is 28.9 Å². The number of aromatic hydroxyl groups is 2. The summed E-state index contributed by atoms with van der Waals surface area (Å²) in [6.45, 7) is 7.24. The molecule has 6 rings (SSSR count). The quantitative estimate of drug-likeness (QED) is 0.232. The third kappa shape index (κ3) is 5.61. The van der Waals surface area contributed by atoms with E-state index in [0.29, 0.717) is 34.1 Å². The van der Waals surface area contributed by atoms with Crippen LogP contribution in [-0.4, -0.2) is 34.2 Å². The second kappa shape index (κ2) is 10.4. The number of hydrogen-bond acceptors (Lipinski definition) is 8. The van der Waals surface area contributed by atoms with E-state index in [2.05, 4.69) is 0 Å². The molecule has 4 aromatic carbocycles. The number of phenols is 2. The third-order valence-corrected chi connectivity index (χ3v) is 6.94. The van der Waals surface area contributed by atoms with Crippen molar-refractivity contribution in [3.63, 3.8) is 0 Å². The maximum atomic E-state index is 10.8. The van der Waals surface area contributed by atoms with Crippen LogP contribution in [0, 0.1) is 0 Å². The smallest absolute Gasteiger partial charge is 0.246 e. The molecule has 2 heterocycles. The van der Waals surface area contributed by atoms with Crippen molar-refractivity contribution < 1.29 is 29.2 Å². The Labute approximate surface area is 244 Å². The highest BCUT2D eigenvalue weighted by Crippen LogP contribution is 2.44. The van der Waals surface area contributed by atoms with Crippen molar-refractivity contribution in [3.8, 4) is 34.5 Å². The van der Waals surface area contributed by atoms with Gasteiger partial charge in [-0.05, 0) is 23.3 Å². The maximum absolute atomic E-state index is 10.8. The van der Waals surface area contributed by atoms with E-state index in [1.165, 1.54) is 0 Å². The number of rotatable bonds is 7. The third-order valence-electron chi connectivity index (χ3n) is 6.94. The molecule has 0 unspecified atom stereocenters. The molecule has 0 saturated heterocycles. The molecule has 214 valence electrons. The lowest BCUT2D eigenvalue weighted by Crippen LogP contribution is -2.29. The summed E-state index contributed by atoms with van der Waals surface area (Å²) in [5, 5.41) is 21.5. The first-order valence-electron chi connectivity index (χ1n) is 13.7. The summed E-state index contributed by atoms with van der Waals surface area (Å²) in [7, 11) is 0. The number of phenolic OH excluding ortho intramolecular Hbond substituents is 2. The molecule has 8 heteroatoms. The molecular formula is C34H32N2O6. The summed E-state index contributed by atoms with van der Waals surface area (Å²) in [5.41, 5.74) is 2.83. The predicted molar refractivity (Wildman–Crippen MR) is 160 cm³/mol. The molecular weight excluding hydrogens is 532 g/mol. The van der Waals surface area contributed by atoms with Gasteiger partial charge in [-0.2, -0.15) is 0 Å². The van der Waals surface area contributed by atoms with Crippen LogP contribution in [0.25, 0.3) is 0 Å². The molecule has 2 N–H and O–H groups in total. The fourth-order valence-corrected chi connectivity index (χ4v) is 5.08. The summed E-state index contributed by atoms with van der Waals surface area (Å²) in [4.78, 5) is 9.95. The minimum absolute atomic E-state index is 0.0265.